The van der Waals surface area contributed by atoms with Crippen molar-refractivity contribution in [3.63, 3.8) is 0 Å². The van der Waals surface area contributed by atoms with Crippen LogP contribution in [0.5, 0.6) is 0 Å². The van der Waals surface area contributed by atoms with E-state index in [-0.39, 0.29) is 10.5 Å². The Bertz CT molecular complexity index is 963. The molecule has 2 amide bonds. The Labute approximate surface area is 179 Å². The summed E-state index contributed by atoms with van der Waals surface area (Å²) in [6, 6.07) is 25.2. The highest BCUT2D eigenvalue weighted by Gasteiger charge is 2.09. The monoisotopic (exact) mass is 422 g/mol. The van der Waals surface area contributed by atoms with Crippen LogP contribution >= 0.6 is 23.5 Å². The topological polar surface area (TPSA) is 58.2 Å². The molecule has 0 aromatic heterocycles. The van der Waals surface area contributed by atoms with Crippen LogP contribution < -0.4 is 10.6 Å². The van der Waals surface area contributed by atoms with Crippen molar-refractivity contribution in [2.75, 3.05) is 10.6 Å². The number of aryl methyl sites for hydroxylation is 1. The Morgan fingerprint density at radius 2 is 1.24 bits per heavy atom. The first-order valence-corrected chi connectivity index (χ1v) is 11.1. The lowest BCUT2D eigenvalue weighted by Crippen LogP contribution is -2.09. The van der Waals surface area contributed by atoms with E-state index in [0.29, 0.717) is 22.9 Å². The Balaban J connectivity index is 1.53. The molecule has 3 aromatic carbocycles. The number of hydrogen-bond acceptors (Lipinski definition) is 4. The standard InChI is InChI=1S/C23H22N2O2S2/c1-17-12-13-20(24-22(26)28-15-18-8-4-2-5-9-18)14-21(17)25-23(27)29-16-19-10-6-3-7-11-19/h2-14H,15-16H2,1H3,(H,24,26)(H,25,27). The van der Waals surface area contributed by atoms with Gasteiger partial charge in [-0.2, -0.15) is 0 Å². The van der Waals surface area contributed by atoms with Crippen molar-refractivity contribution < 1.29 is 9.59 Å². The molecule has 29 heavy (non-hydrogen) atoms. The van der Waals surface area contributed by atoms with E-state index in [1.165, 1.54) is 23.5 Å². The predicted molar refractivity (Wildman–Crippen MR) is 125 cm³/mol. The molecule has 2 N–H and O–H groups in total. The van der Waals surface area contributed by atoms with Crippen LogP contribution in [-0.4, -0.2) is 10.5 Å². The van der Waals surface area contributed by atoms with Crippen molar-refractivity contribution >= 4 is 45.4 Å². The second-order valence-corrected chi connectivity index (χ2v) is 8.30. The van der Waals surface area contributed by atoms with Gasteiger partial charge in [0.1, 0.15) is 0 Å². The van der Waals surface area contributed by atoms with Crippen LogP contribution in [0, 0.1) is 6.92 Å². The molecule has 0 atom stereocenters. The van der Waals surface area contributed by atoms with Gasteiger partial charge in [0.25, 0.3) is 10.5 Å². The van der Waals surface area contributed by atoms with Gasteiger partial charge in [-0.05, 0) is 35.7 Å². The molecule has 3 aromatic rings. The second kappa shape index (κ2) is 10.7. The molecular formula is C23H22N2O2S2. The fourth-order valence-electron chi connectivity index (χ4n) is 2.58. The van der Waals surface area contributed by atoms with Crippen LogP contribution in [0.15, 0.2) is 78.9 Å². The Hall–Kier alpha value is -2.70. The van der Waals surface area contributed by atoms with Gasteiger partial charge in [0.15, 0.2) is 0 Å². The number of rotatable bonds is 6. The minimum atomic E-state index is -0.131. The number of anilines is 2. The number of benzene rings is 3. The summed E-state index contributed by atoms with van der Waals surface area (Å²) in [7, 11) is 0. The molecule has 0 aliphatic heterocycles. The number of carbonyl (C=O) groups is 2. The lowest BCUT2D eigenvalue weighted by atomic mass is 10.2. The third-order valence-electron chi connectivity index (χ3n) is 4.15. The number of thioether (sulfide) groups is 2. The van der Waals surface area contributed by atoms with E-state index >= 15 is 0 Å². The number of carbonyl (C=O) groups excluding carboxylic acids is 2. The molecule has 3 rings (SSSR count). The fourth-order valence-corrected chi connectivity index (χ4v) is 3.93. The quantitative estimate of drug-likeness (QED) is 0.452. The zero-order valence-corrected chi connectivity index (χ0v) is 17.7. The van der Waals surface area contributed by atoms with E-state index in [1.807, 2.05) is 79.7 Å². The summed E-state index contributed by atoms with van der Waals surface area (Å²) in [6.07, 6.45) is 0. The average molecular weight is 423 g/mol. The normalized spacial score (nSPS) is 10.4. The highest BCUT2D eigenvalue weighted by Crippen LogP contribution is 2.24. The zero-order chi connectivity index (χ0) is 20.5. The molecule has 6 heteroatoms. The summed E-state index contributed by atoms with van der Waals surface area (Å²) in [4.78, 5) is 24.5. The van der Waals surface area contributed by atoms with E-state index in [0.717, 1.165) is 16.7 Å². The van der Waals surface area contributed by atoms with Crippen molar-refractivity contribution in [3.05, 3.63) is 95.6 Å². The van der Waals surface area contributed by atoms with Gasteiger partial charge in [0.2, 0.25) is 0 Å². The first kappa shape index (κ1) is 21.0. The molecule has 0 heterocycles. The number of nitrogens with one attached hydrogen (secondary N) is 2. The molecule has 0 bridgehead atoms. The first-order valence-electron chi connectivity index (χ1n) is 9.16. The van der Waals surface area contributed by atoms with Gasteiger partial charge in [0, 0.05) is 22.9 Å². The van der Waals surface area contributed by atoms with Crippen molar-refractivity contribution in [3.8, 4) is 0 Å². The maximum absolute atomic E-state index is 12.3. The summed E-state index contributed by atoms with van der Waals surface area (Å²) in [5.74, 6) is 1.22. The van der Waals surface area contributed by atoms with Gasteiger partial charge in [-0.25, -0.2) is 0 Å². The van der Waals surface area contributed by atoms with E-state index in [2.05, 4.69) is 10.6 Å². The van der Waals surface area contributed by atoms with E-state index in [9.17, 15) is 9.59 Å². The average Bonchev–Trinajstić information content (AvgIpc) is 2.75. The van der Waals surface area contributed by atoms with Crippen molar-refractivity contribution in [1.29, 1.82) is 0 Å². The van der Waals surface area contributed by atoms with Gasteiger partial charge < -0.3 is 10.6 Å². The summed E-state index contributed by atoms with van der Waals surface area (Å²) in [5.41, 5.74) is 4.49. The SMILES string of the molecule is Cc1ccc(NC(=O)SCc2ccccc2)cc1NC(=O)SCc1ccccc1. The minimum absolute atomic E-state index is 0.126. The fraction of sp³-hybridized carbons (Fsp3) is 0.130. The molecule has 0 spiro atoms. The molecule has 0 unspecified atom stereocenters. The third-order valence-corrected chi connectivity index (χ3v) is 5.83. The Morgan fingerprint density at radius 3 is 1.79 bits per heavy atom. The molecule has 148 valence electrons. The third kappa shape index (κ3) is 7.00. The summed E-state index contributed by atoms with van der Waals surface area (Å²) < 4.78 is 0. The second-order valence-electron chi connectivity index (χ2n) is 6.40. The van der Waals surface area contributed by atoms with Gasteiger partial charge in [-0.1, -0.05) is 90.3 Å². The summed E-state index contributed by atoms with van der Waals surface area (Å²) in [5, 5.41) is 5.54. The molecule has 4 nitrogen and oxygen atoms in total. The van der Waals surface area contributed by atoms with Crippen LogP contribution in [0.25, 0.3) is 0 Å². The molecule has 0 aliphatic rings. The van der Waals surface area contributed by atoms with E-state index < -0.39 is 0 Å². The molecule has 0 saturated heterocycles. The Morgan fingerprint density at radius 1 is 0.724 bits per heavy atom. The summed E-state index contributed by atoms with van der Waals surface area (Å²) in [6.45, 7) is 1.92. The summed E-state index contributed by atoms with van der Waals surface area (Å²) >= 11 is 2.43. The largest absolute Gasteiger partial charge is 0.317 e. The van der Waals surface area contributed by atoms with Crippen molar-refractivity contribution in [2.24, 2.45) is 0 Å². The smallest absolute Gasteiger partial charge is 0.283 e. The highest BCUT2D eigenvalue weighted by atomic mass is 32.2. The highest BCUT2D eigenvalue weighted by molar-refractivity contribution is 8.13. The zero-order valence-electron chi connectivity index (χ0n) is 16.1. The van der Waals surface area contributed by atoms with Gasteiger partial charge >= 0.3 is 0 Å². The molecule has 0 radical (unpaired) electrons. The van der Waals surface area contributed by atoms with Gasteiger partial charge in [-0.15, -0.1) is 0 Å². The maximum atomic E-state index is 12.3. The minimum Gasteiger partial charge on any atom is -0.317 e. The van der Waals surface area contributed by atoms with E-state index in [4.69, 9.17) is 0 Å². The Kier molecular flexibility index (Phi) is 7.78. The van der Waals surface area contributed by atoms with Crippen molar-refractivity contribution in [1.82, 2.24) is 0 Å². The van der Waals surface area contributed by atoms with Crippen LogP contribution in [0.3, 0.4) is 0 Å². The van der Waals surface area contributed by atoms with Crippen LogP contribution in [0.1, 0.15) is 16.7 Å². The van der Waals surface area contributed by atoms with Crippen LogP contribution in [-0.2, 0) is 11.5 Å². The van der Waals surface area contributed by atoms with E-state index in [1.54, 1.807) is 6.07 Å². The van der Waals surface area contributed by atoms with Gasteiger partial charge in [0.05, 0.1) is 0 Å². The number of hydrogen-bond donors (Lipinski definition) is 2. The number of amides is 2. The predicted octanol–water partition coefficient (Wildman–Crippen LogP) is 6.93. The van der Waals surface area contributed by atoms with Crippen molar-refractivity contribution in [2.45, 2.75) is 18.4 Å². The molecular weight excluding hydrogens is 400 g/mol. The maximum Gasteiger partial charge on any atom is 0.283 e. The molecule has 0 aliphatic carbocycles. The van der Waals surface area contributed by atoms with Crippen LogP contribution in [0.4, 0.5) is 21.0 Å². The lowest BCUT2D eigenvalue weighted by Gasteiger charge is -2.11. The van der Waals surface area contributed by atoms with Crippen LogP contribution in [0.2, 0.25) is 0 Å². The molecule has 0 saturated carbocycles. The lowest BCUT2D eigenvalue weighted by molar-refractivity contribution is 0.269. The van der Waals surface area contributed by atoms with Gasteiger partial charge in [-0.3, -0.25) is 9.59 Å². The first-order chi connectivity index (χ1) is 14.1. The molecule has 0 fully saturated rings.